The maximum Gasteiger partial charge on any atom is 0.140 e. The number of ether oxygens (including phenoxy) is 1. The summed E-state index contributed by atoms with van der Waals surface area (Å²) >= 11 is 0. The van der Waals surface area contributed by atoms with Crippen molar-refractivity contribution in [1.82, 2.24) is 9.97 Å². The van der Waals surface area contributed by atoms with Gasteiger partial charge in [-0.2, -0.15) is 0 Å². The van der Waals surface area contributed by atoms with Crippen LogP contribution in [0, 0.1) is 5.82 Å². The number of hydrogen-bond acceptors (Lipinski definition) is 4. The summed E-state index contributed by atoms with van der Waals surface area (Å²) in [6.45, 7) is 0. The first-order valence-corrected chi connectivity index (χ1v) is 9.18. The third-order valence-corrected chi connectivity index (χ3v) is 5.63. The molecule has 1 spiro atoms. The van der Waals surface area contributed by atoms with Gasteiger partial charge in [0.05, 0.1) is 16.9 Å². The number of halogens is 1. The van der Waals surface area contributed by atoms with Gasteiger partial charge in [0.1, 0.15) is 29.3 Å². The molecule has 2 aromatic carbocycles. The Morgan fingerprint density at radius 2 is 1.88 bits per heavy atom. The van der Waals surface area contributed by atoms with Gasteiger partial charge < -0.3 is 10.1 Å². The molecule has 1 aliphatic carbocycles. The van der Waals surface area contributed by atoms with E-state index in [0.717, 1.165) is 30.6 Å². The number of nitrogens with zero attached hydrogens (tertiary/aromatic N) is 2. The molecule has 1 N–H and O–H groups in total. The third-order valence-electron chi connectivity index (χ3n) is 5.63. The summed E-state index contributed by atoms with van der Waals surface area (Å²) < 4.78 is 20.9. The molecule has 26 heavy (non-hydrogen) atoms. The Labute approximate surface area is 151 Å². The summed E-state index contributed by atoms with van der Waals surface area (Å²) in [5, 5.41) is 3.94. The summed E-state index contributed by atoms with van der Waals surface area (Å²) in [5.74, 6) is 1.17. The number of fused-ring (bicyclic) bond motifs is 2. The summed E-state index contributed by atoms with van der Waals surface area (Å²) in [7, 11) is 0. The molecule has 0 amide bonds. The average Bonchev–Trinajstić information content (AvgIpc) is 3.09. The Morgan fingerprint density at radius 3 is 2.77 bits per heavy atom. The minimum absolute atomic E-state index is 0.0377. The van der Waals surface area contributed by atoms with Crippen molar-refractivity contribution in [2.75, 3.05) is 5.32 Å². The van der Waals surface area contributed by atoms with E-state index in [1.807, 2.05) is 24.3 Å². The number of benzene rings is 2. The van der Waals surface area contributed by atoms with Crippen LogP contribution in [0.2, 0.25) is 0 Å². The van der Waals surface area contributed by atoms with Crippen molar-refractivity contribution >= 4 is 16.7 Å². The second kappa shape index (κ2) is 5.94. The predicted molar refractivity (Wildman–Crippen MR) is 98.7 cm³/mol. The van der Waals surface area contributed by atoms with Gasteiger partial charge in [-0.3, -0.25) is 0 Å². The molecule has 0 bridgehead atoms. The van der Waals surface area contributed by atoms with Crippen LogP contribution >= 0.6 is 0 Å². The van der Waals surface area contributed by atoms with Crippen LogP contribution in [0.4, 0.5) is 10.2 Å². The standard InChI is InChI=1S/C21H20FN3O/c22-15-7-5-8-16-19(15)20(24-13-23-16)25-17-12-21(10-3-4-11-21)26-18-9-2-1-6-14(17)18/h1-2,5-9,13,17H,3-4,10-12H2,(H,23,24,25). The van der Waals surface area contributed by atoms with E-state index in [1.165, 1.54) is 25.2 Å². The van der Waals surface area contributed by atoms with Crippen LogP contribution in [0.3, 0.4) is 0 Å². The quantitative estimate of drug-likeness (QED) is 0.706. The molecule has 0 radical (unpaired) electrons. The number of aromatic nitrogens is 2. The zero-order valence-corrected chi connectivity index (χ0v) is 14.4. The van der Waals surface area contributed by atoms with E-state index in [4.69, 9.17) is 4.74 Å². The minimum atomic E-state index is -0.304. The number of rotatable bonds is 2. The molecule has 1 fully saturated rings. The second-order valence-corrected chi connectivity index (χ2v) is 7.29. The fourth-order valence-corrected chi connectivity index (χ4v) is 4.42. The molecule has 2 heterocycles. The Morgan fingerprint density at radius 1 is 1.04 bits per heavy atom. The average molecular weight is 349 g/mol. The van der Waals surface area contributed by atoms with Gasteiger partial charge in [-0.05, 0) is 43.9 Å². The SMILES string of the molecule is Fc1cccc2ncnc(NC3CC4(CCCC4)Oc4ccccc43)c12. The van der Waals surface area contributed by atoms with E-state index in [9.17, 15) is 4.39 Å². The van der Waals surface area contributed by atoms with Gasteiger partial charge >= 0.3 is 0 Å². The maximum absolute atomic E-state index is 14.4. The lowest BCUT2D eigenvalue weighted by atomic mass is 9.86. The zero-order valence-electron chi connectivity index (χ0n) is 14.4. The van der Waals surface area contributed by atoms with Crippen molar-refractivity contribution in [1.29, 1.82) is 0 Å². The molecule has 2 aliphatic rings. The van der Waals surface area contributed by atoms with Gasteiger partial charge in [0.2, 0.25) is 0 Å². The van der Waals surface area contributed by atoms with Crippen LogP contribution in [-0.4, -0.2) is 15.6 Å². The summed E-state index contributed by atoms with van der Waals surface area (Å²) in [6, 6.07) is 13.1. The molecule has 4 nitrogen and oxygen atoms in total. The summed E-state index contributed by atoms with van der Waals surface area (Å²) in [6.07, 6.45) is 6.88. The van der Waals surface area contributed by atoms with Crippen molar-refractivity contribution in [3.05, 3.63) is 60.2 Å². The molecule has 3 aromatic rings. The van der Waals surface area contributed by atoms with Crippen LogP contribution in [-0.2, 0) is 0 Å². The molecule has 5 rings (SSSR count). The van der Waals surface area contributed by atoms with E-state index in [-0.39, 0.29) is 17.5 Å². The van der Waals surface area contributed by atoms with Crippen LogP contribution in [0.15, 0.2) is 48.8 Å². The largest absolute Gasteiger partial charge is 0.487 e. The lowest BCUT2D eigenvalue weighted by Crippen LogP contribution is -2.40. The number of anilines is 1. The molecular formula is C21H20FN3O. The molecular weight excluding hydrogens is 329 g/mol. The number of para-hydroxylation sites is 1. The van der Waals surface area contributed by atoms with E-state index in [0.29, 0.717) is 16.7 Å². The monoisotopic (exact) mass is 349 g/mol. The van der Waals surface area contributed by atoms with Gasteiger partial charge in [-0.25, -0.2) is 14.4 Å². The van der Waals surface area contributed by atoms with Crippen LogP contribution in [0.1, 0.15) is 43.7 Å². The number of hydrogen-bond donors (Lipinski definition) is 1. The topological polar surface area (TPSA) is 47.0 Å². The summed E-state index contributed by atoms with van der Waals surface area (Å²) in [4.78, 5) is 8.54. The smallest absolute Gasteiger partial charge is 0.140 e. The maximum atomic E-state index is 14.4. The molecule has 0 saturated heterocycles. The molecule has 1 unspecified atom stereocenters. The summed E-state index contributed by atoms with van der Waals surface area (Å²) in [5.41, 5.74) is 1.60. The Bertz CT molecular complexity index is 963. The first-order valence-electron chi connectivity index (χ1n) is 9.18. The van der Waals surface area contributed by atoms with E-state index in [2.05, 4.69) is 21.4 Å². The molecule has 1 aromatic heterocycles. The highest BCUT2D eigenvalue weighted by molar-refractivity contribution is 5.89. The molecule has 1 aliphatic heterocycles. The lowest BCUT2D eigenvalue weighted by Gasteiger charge is -2.40. The second-order valence-electron chi connectivity index (χ2n) is 7.29. The van der Waals surface area contributed by atoms with Gasteiger partial charge in [-0.1, -0.05) is 24.3 Å². The Hall–Kier alpha value is -2.69. The van der Waals surface area contributed by atoms with Crippen molar-refractivity contribution in [3.63, 3.8) is 0 Å². The molecule has 1 saturated carbocycles. The van der Waals surface area contributed by atoms with Gasteiger partial charge in [-0.15, -0.1) is 0 Å². The van der Waals surface area contributed by atoms with Crippen molar-refractivity contribution in [3.8, 4) is 5.75 Å². The van der Waals surface area contributed by atoms with Gasteiger partial charge in [0, 0.05) is 12.0 Å². The van der Waals surface area contributed by atoms with Crippen LogP contribution < -0.4 is 10.1 Å². The first kappa shape index (κ1) is 15.6. The minimum Gasteiger partial charge on any atom is -0.487 e. The van der Waals surface area contributed by atoms with E-state index < -0.39 is 0 Å². The zero-order chi connectivity index (χ0) is 17.6. The third kappa shape index (κ3) is 2.50. The van der Waals surface area contributed by atoms with Gasteiger partial charge in [0.15, 0.2) is 0 Å². The van der Waals surface area contributed by atoms with E-state index in [1.54, 1.807) is 6.07 Å². The highest BCUT2D eigenvalue weighted by atomic mass is 19.1. The van der Waals surface area contributed by atoms with Crippen LogP contribution in [0.25, 0.3) is 10.9 Å². The van der Waals surface area contributed by atoms with E-state index >= 15 is 0 Å². The first-order chi connectivity index (χ1) is 12.7. The fourth-order valence-electron chi connectivity index (χ4n) is 4.42. The highest BCUT2D eigenvalue weighted by Gasteiger charge is 2.43. The molecule has 5 heteroatoms. The molecule has 1 atom stereocenters. The van der Waals surface area contributed by atoms with Crippen molar-refractivity contribution in [2.24, 2.45) is 0 Å². The Balaban J connectivity index is 1.58. The van der Waals surface area contributed by atoms with Crippen molar-refractivity contribution < 1.29 is 9.13 Å². The van der Waals surface area contributed by atoms with Crippen LogP contribution in [0.5, 0.6) is 5.75 Å². The number of nitrogens with one attached hydrogen (secondary N) is 1. The highest BCUT2D eigenvalue weighted by Crippen LogP contribution is 2.48. The normalized spacial score (nSPS) is 20.7. The predicted octanol–water partition coefficient (Wildman–Crippen LogP) is 5.02. The fraction of sp³-hybridized carbons (Fsp3) is 0.333. The lowest BCUT2D eigenvalue weighted by molar-refractivity contribution is 0.0453. The van der Waals surface area contributed by atoms with Gasteiger partial charge in [0.25, 0.3) is 0 Å². The van der Waals surface area contributed by atoms with Crippen molar-refractivity contribution in [2.45, 2.75) is 43.7 Å². The molecule has 132 valence electrons. The Kier molecular flexibility index (Phi) is 3.55.